The molecule has 33 heavy (non-hydrogen) atoms. The van der Waals surface area contributed by atoms with Gasteiger partial charge in [-0.25, -0.2) is 9.50 Å². The maximum Gasteiger partial charge on any atom is 0.433 e. The summed E-state index contributed by atoms with van der Waals surface area (Å²) in [6.45, 7) is 0.192. The molecule has 0 saturated heterocycles. The first-order valence-electron chi connectivity index (χ1n) is 9.42. The Balaban J connectivity index is 1.81. The molecule has 12 heteroatoms. The van der Waals surface area contributed by atoms with Crippen molar-refractivity contribution in [1.29, 1.82) is 0 Å². The predicted molar refractivity (Wildman–Crippen MR) is 117 cm³/mol. The molecule has 0 bridgehead atoms. The maximum absolute atomic E-state index is 13.9. The lowest BCUT2D eigenvalue weighted by molar-refractivity contribution is -0.142. The summed E-state index contributed by atoms with van der Waals surface area (Å²) < 4.78 is 52.6. The molecule has 4 rings (SSSR count). The molecule has 0 aliphatic heterocycles. The minimum atomic E-state index is -4.79. The molecule has 3 heterocycles. The van der Waals surface area contributed by atoms with Crippen LogP contribution in [-0.2, 0) is 12.7 Å². The van der Waals surface area contributed by atoms with Crippen molar-refractivity contribution < 1.29 is 27.4 Å². The second-order valence-corrected chi connectivity index (χ2v) is 8.16. The van der Waals surface area contributed by atoms with Crippen LogP contribution in [0.1, 0.15) is 21.1 Å². The fraction of sp³-hybridized carbons (Fsp3) is 0.190. The number of rotatable bonds is 6. The first-order chi connectivity index (χ1) is 15.7. The van der Waals surface area contributed by atoms with Gasteiger partial charge < -0.3 is 14.8 Å². The molecule has 1 aromatic carbocycles. The van der Waals surface area contributed by atoms with Gasteiger partial charge in [0.2, 0.25) is 0 Å². The highest BCUT2D eigenvalue weighted by molar-refractivity contribution is 7.09. The van der Waals surface area contributed by atoms with Crippen LogP contribution in [0.2, 0.25) is 5.02 Å². The van der Waals surface area contributed by atoms with Crippen LogP contribution in [0.3, 0.4) is 0 Å². The third-order valence-electron chi connectivity index (χ3n) is 4.72. The summed E-state index contributed by atoms with van der Waals surface area (Å²) in [5.41, 5.74) is -1.46. The Kier molecular flexibility index (Phi) is 6.17. The van der Waals surface area contributed by atoms with E-state index in [4.69, 9.17) is 21.1 Å². The third-order valence-corrected chi connectivity index (χ3v) is 5.95. The molecule has 4 aromatic rings. The van der Waals surface area contributed by atoms with E-state index >= 15 is 0 Å². The number of hydrogen-bond acceptors (Lipinski definition) is 6. The minimum Gasteiger partial charge on any atom is -0.493 e. The summed E-state index contributed by atoms with van der Waals surface area (Å²) in [4.78, 5) is 17.7. The molecule has 0 saturated carbocycles. The van der Waals surface area contributed by atoms with Gasteiger partial charge in [0.05, 0.1) is 26.5 Å². The van der Waals surface area contributed by atoms with Crippen molar-refractivity contribution in [3.05, 3.63) is 63.1 Å². The Bertz CT molecular complexity index is 1320. The third kappa shape index (κ3) is 4.46. The molecule has 7 nitrogen and oxygen atoms in total. The number of carbonyl (C=O) groups excluding carboxylic acids is 1. The van der Waals surface area contributed by atoms with E-state index in [0.29, 0.717) is 21.6 Å². The summed E-state index contributed by atoms with van der Waals surface area (Å²) in [5, 5.41) is 7.99. The van der Waals surface area contributed by atoms with Crippen LogP contribution in [0, 0.1) is 0 Å². The lowest BCUT2D eigenvalue weighted by Gasteiger charge is -2.12. The van der Waals surface area contributed by atoms with Crippen LogP contribution in [-0.4, -0.2) is 34.7 Å². The molecule has 0 unspecified atom stereocenters. The van der Waals surface area contributed by atoms with Gasteiger partial charge in [0.25, 0.3) is 5.91 Å². The molecule has 0 atom stereocenters. The van der Waals surface area contributed by atoms with Crippen LogP contribution < -0.4 is 14.8 Å². The highest BCUT2D eigenvalue weighted by atomic mass is 35.5. The van der Waals surface area contributed by atoms with Gasteiger partial charge in [0.15, 0.2) is 28.5 Å². The summed E-state index contributed by atoms with van der Waals surface area (Å²) in [6.07, 6.45) is -4.79. The fourth-order valence-electron chi connectivity index (χ4n) is 3.15. The lowest BCUT2D eigenvalue weighted by Crippen LogP contribution is -2.23. The Morgan fingerprint density at radius 3 is 2.58 bits per heavy atom. The molecule has 0 radical (unpaired) electrons. The minimum absolute atomic E-state index is 0.0249. The van der Waals surface area contributed by atoms with Crippen molar-refractivity contribution in [2.24, 2.45) is 0 Å². The summed E-state index contributed by atoms with van der Waals surface area (Å²) in [5.74, 6) is 0.0172. The number of halogens is 4. The Morgan fingerprint density at radius 1 is 1.18 bits per heavy atom. The molecule has 1 amide bonds. The average molecular weight is 497 g/mol. The maximum atomic E-state index is 13.9. The number of amides is 1. The number of hydrogen-bond donors (Lipinski definition) is 1. The molecule has 0 spiro atoms. The Hall–Kier alpha value is -3.31. The van der Waals surface area contributed by atoms with Gasteiger partial charge in [-0.05, 0) is 35.7 Å². The van der Waals surface area contributed by atoms with Crippen LogP contribution in [0.4, 0.5) is 13.2 Å². The van der Waals surface area contributed by atoms with Gasteiger partial charge in [-0.1, -0.05) is 17.7 Å². The monoisotopic (exact) mass is 496 g/mol. The number of fused-ring (bicyclic) bond motifs is 1. The van der Waals surface area contributed by atoms with E-state index in [0.717, 1.165) is 10.9 Å². The van der Waals surface area contributed by atoms with E-state index in [1.54, 1.807) is 12.1 Å². The molecule has 3 aromatic heterocycles. The van der Waals surface area contributed by atoms with Crippen molar-refractivity contribution >= 4 is 34.5 Å². The largest absolute Gasteiger partial charge is 0.493 e. The normalized spacial score (nSPS) is 11.6. The number of nitrogens with zero attached hydrogens (tertiary/aromatic N) is 3. The number of nitrogens with one attached hydrogen (secondary N) is 1. The highest BCUT2D eigenvalue weighted by Crippen LogP contribution is 2.37. The van der Waals surface area contributed by atoms with Crippen molar-refractivity contribution in [2.45, 2.75) is 12.7 Å². The number of ether oxygens (including phenoxy) is 2. The number of carbonyl (C=O) groups is 1. The van der Waals surface area contributed by atoms with Gasteiger partial charge >= 0.3 is 6.18 Å². The number of methoxy groups -OCH3 is 2. The van der Waals surface area contributed by atoms with Crippen LogP contribution in [0.25, 0.3) is 16.9 Å². The van der Waals surface area contributed by atoms with Crippen molar-refractivity contribution in [3.8, 4) is 22.8 Å². The second kappa shape index (κ2) is 8.91. The van der Waals surface area contributed by atoms with E-state index in [2.05, 4.69) is 15.4 Å². The number of alkyl halides is 3. The van der Waals surface area contributed by atoms with Crippen molar-refractivity contribution in [1.82, 2.24) is 19.9 Å². The zero-order chi connectivity index (χ0) is 23.8. The van der Waals surface area contributed by atoms with E-state index < -0.39 is 17.8 Å². The van der Waals surface area contributed by atoms with Gasteiger partial charge in [-0.15, -0.1) is 11.3 Å². The summed E-state index contributed by atoms with van der Waals surface area (Å²) >= 11 is 7.71. The number of benzene rings is 1. The Labute approximate surface area is 194 Å². The van der Waals surface area contributed by atoms with Crippen molar-refractivity contribution in [3.63, 3.8) is 0 Å². The fourth-order valence-corrected chi connectivity index (χ4v) is 4.04. The van der Waals surface area contributed by atoms with Gasteiger partial charge in [0.1, 0.15) is 5.02 Å². The average Bonchev–Trinajstić information content (AvgIpc) is 3.43. The van der Waals surface area contributed by atoms with Crippen LogP contribution in [0.15, 0.2) is 41.8 Å². The van der Waals surface area contributed by atoms with Crippen LogP contribution >= 0.6 is 22.9 Å². The van der Waals surface area contributed by atoms with Gasteiger partial charge in [-0.2, -0.15) is 18.3 Å². The van der Waals surface area contributed by atoms with E-state index in [9.17, 15) is 18.0 Å². The predicted octanol–water partition coefficient (Wildman–Crippen LogP) is 5.08. The SMILES string of the molecule is COc1ccc(-c2cc(C(F)(F)F)n3nc(C(=O)NCc4cccs4)c(Cl)c3n2)cc1OC. The standard InChI is InChI=1S/C21H16ClF3N4O3S/c1-31-14-6-5-11(8-15(14)32-2)13-9-16(21(23,24)25)29-19(27-13)17(22)18(28-29)20(30)26-10-12-4-3-7-33-12/h3-9H,10H2,1-2H3,(H,26,30). The smallest absolute Gasteiger partial charge is 0.433 e. The zero-order valence-electron chi connectivity index (χ0n) is 17.2. The zero-order valence-corrected chi connectivity index (χ0v) is 18.8. The molecule has 1 N–H and O–H groups in total. The van der Waals surface area contributed by atoms with Crippen molar-refractivity contribution in [2.75, 3.05) is 14.2 Å². The molecular formula is C21H16ClF3N4O3S. The second-order valence-electron chi connectivity index (χ2n) is 6.75. The topological polar surface area (TPSA) is 77.8 Å². The quantitative estimate of drug-likeness (QED) is 0.403. The van der Waals surface area contributed by atoms with E-state index in [1.165, 1.54) is 31.6 Å². The number of aromatic nitrogens is 3. The van der Waals surface area contributed by atoms with E-state index in [-0.39, 0.29) is 28.6 Å². The number of thiophene rings is 1. The van der Waals surface area contributed by atoms with Crippen LogP contribution in [0.5, 0.6) is 11.5 Å². The summed E-state index contributed by atoms with van der Waals surface area (Å²) in [7, 11) is 2.86. The first kappa shape index (κ1) is 22.9. The molecule has 0 aliphatic rings. The van der Waals surface area contributed by atoms with Gasteiger partial charge in [-0.3, -0.25) is 4.79 Å². The molecule has 0 aliphatic carbocycles. The first-order valence-corrected chi connectivity index (χ1v) is 10.7. The van der Waals surface area contributed by atoms with E-state index in [1.807, 2.05) is 17.5 Å². The Morgan fingerprint density at radius 2 is 1.94 bits per heavy atom. The highest BCUT2D eigenvalue weighted by Gasteiger charge is 2.36. The summed E-state index contributed by atoms with van der Waals surface area (Å²) in [6, 6.07) is 9.06. The molecule has 172 valence electrons. The molecular weight excluding hydrogens is 481 g/mol. The van der Waals surface area contributed by atoms with Gasteiger partial charge in [0, 0.05) is 10.4 Å². The lowest BCUT2D eigenvalue weighted by atomic mass is 10.1. The molecule has 0 fully saturated rings.